The van der Waals surface area contributed by atoms with E-state index in [1.54, 1.807) is 5.56 Å². The van der Waals surface area contributed by atoms with Crippen LogP contribution in [-0.2, 0) is 0 Å². The molecule has 2 fully saturated rings. The van der Waals surface area contributed by atoms with Crippen LogP contribution in [0.1, 0.15) is 63.9 Å². The van der Waals surface area contributed by atoms with Crippen molar-refractivity contribution in [2.45, 2.75) is 64.3 Å². The van der Waals surface area contributed by atoms with Crippen molar-refractivity contribution < 1.29 is 0 Å². The van der Waals surface area contributed by atoms with Gasteiger partial charge in [-0.2, -0.15) is 0 Å². The molecule has 2 aliphatic rings. The zero-order valence-electron chi connectivity index (χ0n) is 13.1. The lowest BCUT2D eigenvalue weighted by Gasteiger charge is -2.39. The summed E-state index contributed by atoms with van der Waals surface area (Å²) in [5.74, 6) is 1.76. The molecule has 2 atom stereocenters. The Bertz CT molecular complexity index is 417. The van der Waals surface area contributed by atoms with Crippen molar-refractivity contribution in [1.82, 2.24) is 5.32 Å². The molecule has 1 nitrogen and oxygen atoms in total. The molecule has 0 bridgehead atoms. The Balaban J connectivity index is 1.71. The largest absolute Gasteiger partial charge is 0.314 e. The van der Waals surface area contributed by atoms with Crippen molar-refractivity contribution >= 4 is 0 Å². The van der Waals surface area contributed by atoms with Crippen LogP contribution in [0.15, 0.2) is 30.3 Å². The molecule has 2 aliphatic carbocycles. The zero-order chi connectivity index (χ0) is 14.0. The van der Waals surface area contributed by atoms with Crippen LogP contribution in [0.2, 0.25) is 0 Å². The van der Waals surface area contributed by atoms with E-state index in [1.165, 1.54) is 45.1 Å². The second-order valence-corrected chi connectivity index (χ2v) is 7.32. The summed E-state index contributed by atoms with van der Waals surface area (Å²) in [4.78, 5) is 0. The monoisotopic (exact) mass is 271 g/mol. The number of hydrogen-bond acceptors (Lipinski definition) is 1. The first-order chi connectivity index (χ1) is 9.71. The van der Waals surface area contributed by atoms with Crippen molar-refractivity contribution in [1.29, 1.82) is 0 Å². The van der Waals surface area contributed by atoms with Crippen LogP contribution >= 0.6 is 0 Å². The van der Waals surface area contributed by atoms with Crippen LogP contribution in [0.25, 0.3) is 0 Å². The van der Waals surface area contributed by atoms with E-state index in [9.17, 15) is 0 Å². The van der Waals surface area contributed by atoms with Crippen LogP contribution in [-0.4, -0.2) is 12.6 Å². The van der Waals surface area contributed by atoms with Crippen LogP contribution < -0.4 is 5.32 Å². The van der Waals surface area contributed by atoms with Gasteiger partial charge in [0, 0.05) is 12.6 Å². The molecule has 2 saturated carbocycles. The fraction of sp³-hybridized carbons (Fsp3) is 0.684. The first-order valence-electron chi connectivity index (χ1n) is 8.50. The molecule has 0 spiro atoms. The molecule has 3 rings (SSSR count). The van der Waals surface area contributed by atoms with Gasteiger partial charge >= 0.3 is 0 Å². The average Bonchev–Trinajstić information content (AvgIpc) is 3.28. The lowest BCUT2D eigenvalue weighted by atomic mass is 9.69. The highest BCUT2D eigenvalue weighted by Gasteiger charge is 2.52. The fourth-order valence-corrected chi connectivity index (χ4v) is 4.28. The summed E-state index contributed by atoms with van der Waals surface area (Å²) in [6.07, 6.45) is 8.65. The molecule has 0 radical (unpaired) electrons. The third-order valence-corrected chi connectivity index (χ3v) is 5.52. The summed E-state index contributed by atoms with van der Waals surface area (Å²) in [5.41, 5.74) is 2.16. The Labute approximate surface area is 124 Å². The first-order valence-corrected chi connectivity index (χ1v) is 8.50. The Hall–Kier alpha value is -0.820. The third kappa shape index (κ3) is 2.93. The highest BCUT2D eigenvalue weighted by Crippen LogP contribution is 2.61. The lowest BCUT2D eigenvalue weighted by molar-refractivity contribution is 0.142. The minimum atomic E-state index is 0.586. The molecule has 1 aromatic carbocycles. The van der Waals surface area contributed by atoms with Crippen LogP contribution in [0, 0.1) is 11.3 Å². The molecule has 1 N–H and O–H groups in total. The molecule has 2 unspecified atom stereocenters. The molecule has 0 aromatic heterocycles. The lowest BCUT2D eigenvalue weighted by Crippen LogP contribution is -2.40. The molecule has 1 aromatic rings. The van der Waals surface area contributed by atoms with Crippen LogP contribution in [0.4, 0.5) is 0 Å². The fourth-order valence-electron chi connectivity index (χ4n) is 4.28. The minimum absolute atomic E-state index is 0.586. The van der Waals surface area contributed by atoms with E-state index in [0.717, 1.165) is 11.8 Å². The van der Waals surface area contributed by atoms with E-state index in [0.29, 0.717) is 11.5 Å². The number of hydrogen-bond donors (Lipinski definition) is 1. The second-order valence-electron chi connectivity index (χ2n) is 7.32. The van der Waals surface area contributed by atoms with E-state index < -0.39 is 0 Å². The summed E-state index contributed by atoms with van der Waals surface area (Å²) in [5, 5.41) is 3.75. The minimum Gasteiger partial charge on any atom is -0.314 e. The number of rotatable bonds is 5. The van der Waals surface area contributed by atoms with Gasteiger partial charge in [0.1, 0.15) is 0 Å². The van der Waals surface area contributed by atoms with E-state index in [2.05, 4.69) is 49.5 Å². The van der Waals surface area contributed by atoms with Crippen molar-refractivity contribution in [2.75, 3.05) is 6.54 Å². The summed E-state index contributed by atoms with van der Waals surface area (Å²) in [7, 11) is 0. The molecule has 0 aliphatic heterocycles. The maximum Gasteiger partial charge on any atom is 0.00130 e. The van der Waals surface area contributed by atoms with Gasteiger partial charge in [-0.1, -0.05) is 63.4 Å². The molecule has 0 heterocycles. The second kappa shape index (κ2) is 5.89. The molecule has 1 heteroatoms. The predicted molar refractivity (Wildman–Crippen MR) is 85.9 cm³/mol. The van der Waals surface area contributed by atoms with Crippen molar-refractivity contribution in [3.05, 3.63) is 35.9 Å². The van der Waals surface area contributed by atoms with Gasteiger partial charge in [-0.15, -0.1) is 0 Å². The average molecular weight is 271 g/mol. The molecule has 0 saturated heterocycles. The van der Waals surface area contributed by atoms with Gasteiger partial charge in [-0.25, -0.2) is 0 Å². The van der Waals surface area contributed by atoms with Gasteiger partial charge in [0.05, 0.1) is 0 Å². The highest BCUT2D eigenvalue weighted by atomic mass is 14.9. The van der Waals surface area contributed by atoms with E-state index >= 15 is 0 Å². The van der Waals surface area contributed by atoms with Crippen molar-refractivity contribution in [3.8, 4) is 0 Å². The molecular formula is C19H29N. The van der Waals surface area contributed by atoms with Gasteiger partial charge in [-0.3, -0.25) is 0 Å². The van der Waals surface area contributed by atoms with Crippen LogP contribution in [0.3, 0.4) is 0 Å². The maximum atomic E-state index is 3.75. The summed E-state index contributed by atoms with van der Waals surface area (Å²) >= 11 is 0. The highest BCUT2D eigenvalue weighted by molar-refractivity contribution is 5.27. The predicted octanol–water partition coefficient (Wildman–Crippen LogP) is 4.74. The van der Waals surface area contributed by atoms with Crippen molar-refractivity contribution in [2.24, 2.45) is 11.3 Å². The normalized spacial score (nSPS) is 28.6. The zero-order valence-corrected chi connectivity index (χ0v) is 13.1. The number of benzene rings is 1. The quantitative estimate of drug-likeness (QED) is 0.815. The Morgan fingerprint density at radius 1 is 1.10 bits per heavy atom. The Kier molecular flexibility index (Phi) is 4.16. The topological polar surface area (TPSA) is 12.0 Å². The number of nitrogens with one attached hydrogen (secondary N) is 1. The summed E-state index contributed by atoms with van der Waals surface area (Å²) in [6.45, 7) is 5.79. The van der Waals surface area contributed by atoms with Gasteiger partial charge in [0.2, 0.25) is 0 Å². The van der Waals surface area contributed by atoms with E-state index in [1.807, 2.05) is 0 Å². The van der Waals surface area contributed by atoms with Gasteiger partial charge in [0.15, 0.2) is 0 Å². The third-order valence-electron chi connectivity index (χ3n) is 5.52. The maximum absolute atomic E-state index is 3.75. The van der Waals surface area contributed by atoms with Gasteiger partial charge in [0.25, 0.3) is 0 Å². The van der Waals surface area contributed by atoms with E-state index in [4.69, 9.17) is 0 Å². The Morgan fingerprint density at radius 2 is 1.80 bits per heavy atom. The molecule has 0 amide bonds. The van der Waals surface area contributed by atoms with Crippen molar-refractivity contribution in [3.63, 3.8) is 0 Å². The first kappa shape index (κ1) is 14.1. The Morgan fingerprint density at radius 3 is 2.45 bits per heavy atom. The molecule has 20 heavy (non-hydrogen) atoms. The summed E-state index contributed by atoms with van der Waals surface area (Å²) < 4.78 is 0. The molecular weight excluding hydrogens is 242 g/mol. The summed E-state index contributed by atoms with van der Waals surface area (Å²) in [6, 6.07) is 11.8. The molecule has 110 valence electrons. The van der Waals surface area contributed by atoms with Crippen LogP contribution in [0.5, 0.6) is 0 Å². The SMILES string of the molecule is CC(C)NCC1(C2CC2c2ccccc2)CCCCC1. The van der Waals surface area contributed by atoms with Gasteiger partial charge < -0.3 is 5.32 Å². The van der Waals surface area contributed by atoms with Gasteiger partial charge in [-0.05, 0) is 42.1 Å². The smallest absolute Gasteiger partial charge is 0.00130 e. The standard InChI is InChI=1S/C19H29N/c1-15(2)20-14-19(11-7-4-8-12-19)18-13-17(18)16-9-5-3-6-10-16/h3,5-6,9-10,15,17-18,20H,4,7-8,11-14H2,1-2H3. The van der Waals surface area contributed by atoms with E-state index in [-0.39, 0.29) is 0 Å².